The van der Waals surface area contributed by atoms with Crippen LogP contribution in [0.2, 0.25) is 10.0 Å². The van der Waals surface area contributed by atoms with E-state index in [0.29, 0.717) is 27.8 Å². The third kappa shape index (κ3) is 6.32. The highest BCUT2D eigenvalue weighted by Crippen LogP contribution is 2.40. The van der Waals surface area contributed by atoms with Gasteiger partial charge in [-0.25, -0.2) is 9.37 Å². The second-order valence-corrected chi connectivity index (χ2v) is 10.1. The van der Waals surface area contributed by atoms with Crippen molar-refractivity contribution in [3.8, 4) is 11.5 Å². The molecule has 1 aromatic heterocycles. The fraction of sp³-hybridized carbons (Fsp3) is 0.160. The van der Waals surface area contributed by atoms with Gasteiger partial charge in [0.05, 0.1) is 36.5 Å². The van der Waals surface area contributed by atoms with E-state index in [1.807, 2.05) is 40.0 Å². The number of methoxy groups -OCH3 is 2. The lowest BCUT2D eigenvalue weighted by atomic mass is 10.2. The number of aromatic nitrogens is 1. The van der Waals surface area contributed by atoms with E-state index in [1.165, 1.54) is 29.4 Å². The van der Waals surface area contributed by atoms with Gasteiger partial charge in [-0.1, -0.05) is 41.4 Å². The quantitative estimate of drug-likeness (QED) is 0.202. The van der Waals surface area contributed by atoms with Gasteiger partial charge in [0.2, 0.25) is 0 Å². The van der Waals surface area contributed by atoms with Gasteiger partial charge in [-0.05, 0) is 42.3 Å². The Labute approximate surface area is 221 Å². The summed E-state index contributed by atoms with van der Waals surface area (Å²) in [5.74, 6) is 1.15. The number of anilines is 2. The van der Waals surface area contributed by atoms with Gasteiger partial charge >= 0.3 is 0 Å². The van der Waals surface area contributed by atoms with Crippen molar-refractivity contribution in [1.82, 2.24) is 4.98 Å². The van der Waals surface area contributed by atoms with E-state index in [1.54, 1.807) is 38.6 Å². The fourth-order valence-electron chi connectivity index (χ4n) is 3.34. The topological polar surface area (TPSA) is 46.6 Å². The predicted molar refractivity (Wildman–Crippen MR) is 144 cm³/mol. The Bertz CT molecular complexity index is 1270. The maximum atomic E-state index is 14.0. The van der Waals surface area contributed by atoms with E-state index in [-0.39, 0.29) is 12.4 Å². The lowest BCUT2D eigenvalue weighted by molar-refractivity contribution is 0.391. The van der Waals surface area contributed by atoms with Crippen LogP contribution in [-0.2, 0) is 13.1 Å². The third-order valence-electron chi connectivity index (χ3n) is 5.09. The van der Waals surface area contributed by atoms with Crippen molar-refractivity contribution in [2.24, 2.45) is 0 Å². The third-order valence-corrected chi connectivity index (χ3v) is 7.56. The monoisotopic (exact) mass is 549 g/mol. The summed E-state index contributed by atoms with van der Waals surface area (Å²) >= 11 is 16.1. The van der Waals surface area contributed by atoms with Crippen molar-refractivity contribution in [3.63, 3.8) is 0 Å². The van der Waals surface area contributed by atoms with Crippen LogP contribution in [0.3, 0.4) is 0 Å². The molecule has 4 aromatic rings. The molecule has 0 aliphatic rings. The largest absolute Gasteiger partial charge is 0.497 e. The summed E-state index contributed by atoms with van der Waals surface area (Å²) < 4.78 is 26.9. The van der Waals surface area contributed by atoms with Crippen LogP contribution in [0.1, 0.15) is 11.1 Å². The molecule has 0 saturated heterocycles. The average Bonchev–Trinajstić information content (AvgIpc) is 3.39. The van der Waals surface area contributed by atoms with E-state index in [2.05, 4.69) is 10.3 Å². The molecule has 10 heteroatoms. The Kier molecular flexibility index (Phi) is 8.62. The van der Waals surface area contributed by atoms with Crippen molar-refractivity contribution in [2.75, 3.05) is 23.8 Å². The number of thiazole rings is 1. The number of ether oxygens (including phenoxy) is 2. The first-order valence-corrected chi connectivity index (χ1v) is 12.9. The van der Waals surface area contributed by atoms with Gasteiger partial charge in [0.25, 0.3) is 0 Å². The Balaban J connectivity index is 1.55. The van der Waals surface area contributed by atoms with Crippen molar-refractivity contribution in [2.45, 2.75) is 18.0 Å². The van der Waals surface area contributed by atoms with Crippen LogP contribution in [0.4, 0.5) is 15.2 Å². The summed E-state index contributed by atoms with van der Waals surface area (Å²) in [5.41, 5.74) is 2.05. The van der Waals surface area contributed by atoms with Crippen molar-refractivity contribution >= 4 is 57.3 Å². The van der Waals surface area contributed by atoms with Gasteiger partial charge in [0, 0.05) is 40.2 Å². The number of halogens is 3. The maximum absolute atomic E-state index is 14.0. The molecule has 0 saturated carbocycles. The smallest absolute Gasteiger partial charge is 0.195 e. The highest BCUT2D eigenvalue weighted by Gasteiger charge is 2.18. The zero-order chi connectivity index (χ0) is 24.8. The van der Waals surface area contributed by atoms with Gasteiger partial charge in [-0.3, -0.25) is 4.31 Å². The van der Waals surface area contributed by atoms with E-state index in [4.69, 9.17) is 32.7 Å². The van der Waals surface area contributed by atoms with Crippen LogP contribution in [0.5, 0.6) is 11.5 Å². The molecule has 0 aliphatic heterocycles. The van der Waals surface area contributed by atoms with Crippen LogP contribution >= 0.6 is 46.5 Å². The molecule has 1 heterocycles. The first-order chi connectivity index (χ1) is 17.0. The number of hydrogen-bond acceptors (Lipinski definition) is 7. The number of nitrogens with zero attached hydrogens (tertiary/aromatic N) is 2. The van der Waals surface area contributed by atoms with Crippen LogP contribution < -0.4 is 19.1 Å². The normalized spacial score (nSPS) is 10.8. The minimum atomic E-state index is -0.285. The van der Waals surface area contributed by atoms with Crippen LogP contribution in [0, 0.1) is 5.82 Å². The minimum Gasteiger partial charge on any atom is -0.497 e. The molecule has 0 atom stereocenters. The summed E-state index contributed by atoms with van der Waals surface area (Å²) in [6.07, 6.45) is 1.76. The molecule has 4 rings (SSSR count). The van der Waals surface area contributed by atoms with E-state index in [0.717, 1.165) is 27.1 Å². The summed E-state index contributed by atoms with van der Waals surface area (Å²) in [4.78, 5) is 5.31. The average molecular weight is 551 g/mol. The molecule has 0 spiro atoms. The lowest BCUT2D eigenvalue weighted by Crippen LogP contribution is -2.14. The first kappa shape index (κ1) is 25.4. The Morgan fingerprint density at radius 1 is 1.03 bits per heavy atom. The Morgan fingerprint density at radius 2 is 1.80 bits per heavy atom. The van der Waals surface area contributed by atoms with Gasteiger partial charge < -0.3 is 14.8 Å². The molecule has 1 N–H and O–H groups in total. The van der Waals surface area contributed by atoms with Crippen molar-refractivity contribution in [1.29, 1.82) is 0 Å². The van der Waals surface area contributed by atoms with Gasteiger partial charge in [0.15, 0.2) is 5.13 Å². The molecule has 35 heavy (non-hydrogen) atoms. The standard InChI is InChI=1S/C25H22Cl2FN3O2S2/c1-32-18-8-7-17(23(11-18)33-2)15-31(25-29-9-10-34-25)35-19-12-20(26)24(21(27)13-19)30-14-16-5-3-4-6-22(16)28/h3-13,30H,14-15H2,1-2H3. The predicted octanol–water partition coefficient (Wildman–Crippen LogP) is 7.93. The zero-order valence-corrected chi connectivity index (χ0v) is 22.1. The van der Waals surface area contributed by atoms with Crippen LogP contribution in [-0.4, -0.2) is 19.2 Å². The highest BCUT2D eigenvalue weighted by molar-refractivity contribution is 8.00. The van der Waals surface area contributed by atoms with E-state index < -0.39 is 0 Å². The minimum absolute atomic E-state index is 0.265. The molecule has 0 unspecified atom stereocenters. The molecular weight excluding hydrogens is 528 g/mol. The Hall–Kier alpha value is -2.65. The second-order valence-electron chi connectivity index (χ2n) is 7.33. The molecule has 0 radical (unpaired) electrons. The molecular formula is C25H22Cl2FN3O2S2. The molecule has 0 amide bonds. The van der Waals surface area contributed by atoms with Gasteiger partial charge in [-0.15, -0.1) is 11.3 Å². The number of benzene rings is 3. The molecule has 0 fully saturated rings. The summed E-state index contributed by atoms with van der Waals surface area (Å²) in [7, 11) is 3.25. The molecule has 182 valence electrons. The van der Waals surface area contributed by atoms with Crippen LogP contribution in [0.25, 0.3) is 0 Å². The molecule has 0 bridgehead atoms. The van der Waals surface area contributed by atoms with E-state index in [9.17, 15) is 4.39 Å². The second kappa shape index (κ2) is 11.9. The first-order valence-electron chi connectivity index (χ1n) is 10.5. The summed E-state index contributed by atoms with van der Waals surface area (Å²) in [6.45, 7) is 0.787. The summed E-state index contributed by atoms with van der Waals surface area (Å²) in [6, 6.07) is 15.9. The maximum Gasteiger partial charge on any atom is 0.195 e. The van der Waals surface area contributed by atoms with Gasteiger partial charge in [0.1, 0.15) is 17.3 Å². The van der Waals surface area contributed by atoms with Crippen molar-refractivity contribution in [3.05, 3.63) is 93.2 Å². The molecule has 3 aromatic carbocycles. The molecule has 5 nitrogen and oxygen atoms in total. The number of hydrogen-bond donors (Lipinski definition) is 1. The highest BCUT2D eigenvalue weighted by atomic mass is 35.5. The lowest BCUT2D eigenvalue weighted by Gasteiger charge is -2.22. The zero-order valence-electron chi connectivity index (χ0n) is 18.9. The fourth-order valence-corrected chi connectivity index (χ4v) is 5.80. The van der Waals surface area contributed by atoms with Crippen LogP contribution in [0.15, 0.2) is 71.1 Å². The van der Waals surface area contributed by atoms with Gasteiger partial charge in [-0.2, -0.15) is 0 Å². The summed E-state index contributed by atoms with van der Waals surface area (Å²) in [5, 5.41) is 6.77. The Morgan fingerprint density at radius 3 is 2.46 bits per heavy atom. The number of nitrogens with one attached hydrogen (secondary N) is 1. The SMILES string of the molecule is COc1ccc(CN(Sc2cc(Cl)c(NCc3ccccc3F)c(Cl)c2)c2nccs2)c(OC)c1. The van der Waals surface area contributed by atoms with E-state index >= 15 is 0 Å². The number of rotatable bonds is 10. The molecule has 0 aliphatic carbocycles. The van der Waals surface area contributed by atoms with Crippen molar-refractivity contribution < 1.29 is 13.9 Å².